The lowest BCUT2D eigenvalue weighted by molar-refractivity contribution is 0.00480. The summed E-state index contributed by atoms with van der Waals surface area (Å²) >= 11 is 0. The Morgan fingerprint density at radius 3 is 2.40 bits per heavy atom. The van der Waals surface area contributed by atoms with Crippen LogP contribution < -0.4 is 0 Å². The lowest BCUT2D eigenvalue weighted by Gasteiger charge is -2.25. The van der Waals surface area contributed by atoms with Crippen molar-refractivity contribution in [3.63, 3.8) is 0 Å². The Labute approximate surface area is 151 Å². The van der Waals surface area contributed by atoms with E-state index in [1.165, 1.54) is 11.1 Å². The Kier molecular flexibility index (Phi) is 8.63. The van der Waals surface area contributed by atoms with Gasteiger partial charge in [0.15, 0.2) is 0 Å². The molecular weight excluding hydrogens is 314 g/mol. The summed E-state index contributed by atoms with van der Waals surface area (Å²) in [7, 11) is 1.70. The molecule has 4 nitrogen and oxygen atoms in total. The average molecular weight is 343 g/mol. The summed E-state index contributed by atoms with van der Waals surface area (Å²) in [6.45, 7) is 5.70. The first kappa shape index (κ1) is 19.6. The van der Waals surface area contributed by atoms with Crippen LogP contribution in [0.4, 0.5) is 0 Å². The first-order valence-corrected chi connectivity index (χ1v) is 8.74. The lowest BCUT2D eigenvalue weighted by Crippen LogP contribution is -2.36. The van der Waals surface area contributed by atoms with Gasteiger partial charge in [0.05, 0.1) is 25.9 Å². The van der Waals surface area contributed by atoms with E-state index in [4.69, 9.17) is 9.47 Å². The summed E-state index contributed by atoms with van der Waals surface area (Å²) in [5.41, 5.74) is 3.60. The smallest absolute Gasteiger partial charge is 0.0900 e. The number of aliphatic hydroxyl groups excluding tert-OH is 1. The van der Waals surface area contributed by atoms with E-state index in [9.17, 15) is 5.11 Å². The molecule has 0 aliphatic rings. The third kappa shape index (κ3) is 7.80. The highest BCUT2D eigenvalue weighted by molar-refractivity contribution is 5.21. The fraction of sp³-hybridized carbons (Fsp3) is 0.429. The Morgan fingerprint density at radius 2 is 1.72 bits per heavy atom. The molecule has 0 fully saturated rings. The van der Waals surface area contributed by atoms with Crippen molar-refractivity contribution in [2.45, 2.75) is 26.2 Å². The normalized spacial score (nSPS) is 12.5. The van der Waals surface area contributed by atoms with Gasteiger partial charge in [-0.1, -0.05) is 60.2 Å². The molecule has 0 amide bonds. The van der Waals surface area contributed by atoms with E-state index in [0.29, 0.717) is 26.4 Å². The standard InChI is InChI=1S/C21H29NO3/c1-18-8-10-19(11-9-18)14-22(12-13-24-2)15-21(23)17-25-16-20-6-4-3-5-7-20/h3-11,21,23H,12-17H2,1-2H3/t21-/m1/s1. The van der Waals surface area contributed by atoms with Crippen molar-refractivity contribution in [2.75, 3.05) is 33.4 Å². The largest absolute Gasteiger partial charge is 0.389 e. The van der Waals surface area contributed by atoms with Gasteiger partial charge in [-0.05, 0) is 18.1 Å². The van der Waals surface area contributed by atoms with Gasteiger partial charge in [-0.2, -0.15) is 0 Å². The van der Waals surface area contributed by atoms with Gasteiger partial charge in [0.2, 0.25) is 0 Å². The molecule has 0 aromatic heterocycles. The number of nitrogens with zero attached hydrogens (tertiary/aromatic N) is 1. The first-order chi connectivity index (χ1) is 12.2. The topological polar surface area (TPSA) is 41.9 Å². The number of rotatable bonds is 11. The average Bonchev–Trinajstić information content (AvgIpc) is 2.62. The van der Waals surface area contributed by atoms with Crippen LogP contribution in [0.2, 0.25) is 0 Å². The SMILES string of the molecule is COCCN(Cc1ccc(C)cc1)C[C@@H](O)COCc1ccccc1. The summed E-state index contributed by atoms with van der Waals surface area (Å²) in [5, 5.41) is 10.3. The van der Waals surface area contributed by atoms with Crippen LogP contribution in [0.5, 0.6) is 0 Å². The maximum absolute atomic E-state index is 10.3. The third-order valence-corrected chi connectivity index (χ3v) is 4.03. The van der Waals surface area contributed by atoms with Gasteiger partial charge < -0.3 is 14.6 Å². The zero-order chi connectivity index (χ0) is 17.9. The van der Waals surface area contributed by atoms with Gasteiger partial charge in [-0.3, -0.25) is 4.90 Å². The lowest BCUT2D eigenvalue weighted by atomic mass is 10.1. The molecule has 0 aliphatic heterocycles. The number of aryl methyl sites for hydroxylation is 1. The van der Waals surface area contributed by atoms with Crippen molar-refractivity contribution >= 4 is 0 Å². The minimum Gasteiger partial charge on any atom is -0.389 e. The van der Waals surface area contributed by atoms with Gasteiger partial charge in [-0.15, -0.1) is 0 Å². The second-order valence-corrected chi connectivity index (χ2v) is 6.37. The Hall–Kier alpha value is -1.72. The molecule has 2 rings (SSSR count). The summed E-state index contributed by atoms with van der Waals surface area (Å²) < 4.78 is 10.8. The summed E-state index contributed by atoms with van der Waals surface area (Å²) in [6.07, 6.45) is -0.522. The summed E-state index contributed by atoms with van der Waals surface area (Å²) in [4.78, 5) is 2.20. The van der Waals surface area contributed by atoms with Crippen LogP contribution in [-0.4, -0.2) is 49.5 Å². The van der Waals surface area contributed by atoms with Crippen LogP contribution in [0.1, 0.15) is 16.7 Å². The summed E-state index contributed by atoms with van der Waals surface area (Å²) in [5.74, 6) is 0. The quantitative estimate of drug-likeness (QED) is 0.681. The molecule has 1 atom stereocenters. The number of methoxy groups -OCH3 is 1. The second-order valence-electron chi connectivity index (χ2n) is 6.37. The molecule has 0 spiro atoms. The van der Waals surface area contributed by atoms with Crippen molar-refractivity contribution in [1.29, 1.82) is 0 Å². The molecule has 4 heteroatoms. The van der Waals surface area contributed by atoms with Crippen LogP contribution >= 0.6 is 0 Å². The van der Waals surface area contributed by atoms with E-state index in [1.54, 1.807) is 7.11 Å². The molecule has 1 N–H and O–H groups in total. The van der Waals surface area contributed by atoms with Gasteiger partial charge in [0.1, 0.15) is 0 Å². The van der Waals surface area contributed by atoms with Crippen molar-refractivity contribution in [3.05, 3.63) is 71.3 Å². The Morgan fingerprint density at radius 1 is 1.00 bits per heavy atom. The van der Waals surface area contributed by atoms with Crippen LogP contribution in [-0.2, 0) is 22.6 Å². The van der Waals surface area contributed by atoms with E-state index in [1.807, 2.05) is 30.3 Å². The molecular formula is C21H29NO3. The number of hydrogen-bond acceptors (Lipinski definition) is 4. The highest BCUT2D eigenvalue weighted by Crippen LogP contribution is 2.08. The highest BCUT2D eigenvalue weighted by Gasteiger charge is 2.13. The van der Waals surface area contributed by atoms with Crippen LogP contribution in [0.25, 0.3) is 0 Å². The van der Waals surface area contributed by atoms with E-state index in [0.717, 1.165) is 18.7 Å². The van der Waals surface area contributed by atoms with Crippen molar-refractivity contribution in [1.82, 2.24) is 4.90 Å². The Bertz CT molecular complexity index is 586. The molecule has 0 aliphatic carbocycles. The minimum absolute atomic E-state index is 0.326. The molecule has 136 valence electrons. The van der Waals surface area contributed by atoms with Gasteiger partial charge in [0, 0.05) is 26.7 Å². The zero-order valence-electron chi connectivity index (χ0n) is 15.2. The van der Waals surface area contributed by atoms with E-state index in [2.05, 4.69) is 36.1 Å². The molecule has 0 radical (unpaired) electrons. The van der Waals surface area contributed by atoms with Crippen LogP contribution in [0.15, 0.2) is 54.6 Å². The van der Waals surface area contributed by atoms with Crippen LogP contribution in [0, 0.1) is 6.92 Å². The molecule has 2 aromatic carbocycles. The zero-order valence-corrected chi connectivity index (χ0v) is 15.2. The molecule has 0 saturated carbocycles. The molecule has 0 unspecified atom stereocenters. The van der Waals surface area contributed by atoms with Crippen LogP contribution in [0.3, 0.4) is 0 Å². The van der Waals surface area contributed by atoms with Crippen molar-refractivity contribution < 1.29 is 14.6 Å². The molecule has 0 heterocycles. The second kappa shape index (κ2) is 11.0. The van der Waals surface area contributed by atoms with Gasteiger partial charge in [-0.25, -0.2) is 0 Å². The monoisotopic (exact) mass is 343 g/mol. The predicted molar refractivity (Wildman–Crippen MR) is 100 cm³/mol. The number of aliphatic hydroxyl groups is 1. The number of hydrogen-bond donors (Lipinski definition) is 1. The first-order valence-electron chi connectivity index (χ1n) is 8.74. The number of ether oxygens (including phenoxy) is 2. The third-order valence-electron chi connectivity index (χ3n) is 4.03. The molecule has 2 aromatic rings. The molecule has 25 heavy (non-hydrogen) atoms. The van der Waals surface area contributed by atoms with E-state index in [-0.39, 0.29) is 0 Å². The van der Waals surface area contributed by atoms with Crippen molar-refractivity contribution in [2.24, 2.45) is 0 Å². The molecule has 0 saturated heterocycles. The van der Waals surface area contributed by atoms with Gasteiger partial charge >= 0.3 is 0 Å². The minimum atomic E-state index is -0.522. The maximum Gasteiger partial charge on any atom is 0.0900 e. The summed E-state index contributed by atoms with van der Waals surface area (Å²) in [6, 6.07) is 18.5. The number of benzene rings is 2. The maximum atomic E-state index is 10.3. The fourth-order valence-corrected chi connectivity index (χ4v) is 2.64. The Balaban J connectivity index is 1.79. The van der Waals surface area contributed by atoms with E-state index >= 15 is 0 Å². The van der Waals surface area contributed by atoms with Gasteiger partial charge in [0.25, 0.3) is 0 Å². The van der Waals surface area contributed by atoms with Crippen molar-refractivity contribution in [3.8, 4) is 0 Å². The fourth-order valence-electron chi connectivity index (χ4n) is 2.64. The predicted octanol–water partition coefficient (Wildman–Crippen LogP) is 3.02. The molecule has 0 bridgehead atoms. The highest BCUT2D eigenvalue weighted by atomic mass is 16.5. The van der Waals surface area contributed by atoms with E-state index < -0.39 is 6.10 Å².